The molecule has 27 heavy (non-hydrogen) atoms. The fourth-order valence-electron chi connectivity index (χ4n) is 3.07. The Bertz CT molecular complexity index is 919. The molecule has 3 rings (SSSR count). The van der Waals surface area contributed by atoms with Crippen LogP contribution < -0.4 is 4.90 Å². The molecule has 0 radical (unpaired) electrons. The van der Waals surface area contributed by atoms with Crippen LogP contribution in [0.15, 0.2) is 23.2 Å². The molecule has 146 valence electrons. The number of halogens is 2. The summed E-state index contributed by atoms with van der Waals surface area (Å²) in [5.41, 5.74) is 0.498. The van der Waals surface area contributed by atoms with Crippen molar-refractivity contribution in [3.8, 4) is 0 Å². The van der Waals surface area contributed by atoms with Crippen molar-refractivity contribution in [2.24, 2.45) is 4.99 Å². The SMILES string of the molecule is O=C(O)CCCC(=O)N=C1S[C@@H]2CS(=O)(=O)C[C@@H]2N1c1cc(Cl)ccc1Cl. The third kappa shape index (κ3) is 4.77. The lowest BCUT2D eigenvalue weighted by Crippen LogP contribution is -2.38. The summed E-state index contributed by atoms with van der Waals surface area (Å²) in [5.74, 6) is -1.48. The molecule has 7 nitrogen and oxygen atoms in total. The number of sulfone groups is 1. The van der Waals surface area contributed by atoms with E-state index in [-0.39, 0.29) is 42.1 Å². The first-order chi connectivity index (χ1) is 12.7. The molecule has 1 N–H and O–H groups in total. The normalized spacial score (nSPS) is 25.0. The Morgan fingerprint density at radius 2 is 2.00 bits per heavy atom. The molecular formula is C16H16Cl2N2O5S2. The van der Waals surface area contributed by atoms with Crippen LogP contribution in [0.1, 0.15) is 19.3 Å². The lowest BCUT2D eigenvalue weighted by atomic mass is 10.2. The van der Waals surface area contributed by atoms with Gasteiger partial charge in [0.1, 0.15) is 0 Å². The van der Waals surface area contributed by atoms with Crippen LogP contribution in [0.5, 0.6) is 0 Å². The second-order valence-electron chi connectivity index (χ2n) is 6.30. The summed E-state index contributed by atoms with van der Waals surface area (Å²) < 4.78 is 24.1. The quantitative estimate of drug-likeness (QED) is 0.734. The lowest BCUT2D eigenvalue weighted by molar-refractivity contribution is -0.137. The summed E-state index contributed by atoms with van der Waals surface area (Å²) in [6, 6.07) is 4.45. The van der Waals surface area contributed by atoms with Crippen molar-refractivity contribution in [1.29, 1.82) is 0 Å². The smallest absolute Gasteiger partial charge is 0.303 e. The summed E-state index contributed by atoms with van der Waals surface area (Å²) >= 11 is 13.6. The fraction of sp³-hybridized carbons (Fsp3) is 0.438. The number of carboxylic acids is 1. The van der Waals surface area contributed by atoms with Crippen molar-refractivity contribution in [2.75, 3.05) is 16.4 Å². The number of rotatable bonds is 5. The molecule has 0 unspecified atom stereocenters. The molecule has 1 aromatic carbocycles. The van der Waals surface area contributed by atoms with E-state index in [1.165, 1.54) is 11.8 Å². The van der Waals surface area contributed by atoms with E-state index in [0.29, 0.717) is 20.9 Å². The summed E-state index contributed by atoms with van der Waals surface area (Å²) in [6.07, 6.45) is 0.0763. The Kier molecular flexibility index (Phi) is 6.05. The van der Waals surface area contributed by atoms with Gasteiger partial charge in [-0.2, -0.15) is 4.99 Å². The van der Waals surface area contributed by atoms with Crippen LogP contribution >= 0.6 is 35.0 Å². The first-order valence-corrected chi connectivity index (χ1v) is 11.6. The van der Waals surface area contributed by atoms with E-state index in [9.17, 15) is 18.0 Å². The molecule has 1 aromatic rings. The first-order valence-electron chi connectivity index (χ1n) is 8.11. The number of aliphatic imine (C=N–C) groups is 1. The number of amides is 1. The fourth-order valence-corrected chi connectivity index (χ4v) is 7.37. The minimum absolute atomic E-state index is 0.00110. The largest absolute Gasteiger partial charge is 0.481 e. The molecule has 1 amide bonds. The summed E-state index contributed by atoms with van der Waals surface area (Å²) in [4.78, 5) is 28.5. The molecule has 2 aliphatic rings. The van der Waals surface area contributed by atoms with Crippen LogP contribution in [-0.4, -0.2) is 53.4 Å². The number of hydrogen-bond acceptors (Lipinski definition) is 5. The second-order valence-corrected chi connectivity index (χ2v) is 10.5. The van der Waals surface area contributed by atoms with E-state index in [2.05, 4.69) is 4.99 Å². The first kappa shape index (κ1) is 20.4. The Hall–Kier alpha value is -1.29. The number of carbonyl (C=O) groups is 2. The van der Waals surface area contributed by atoms with E-state index in [1.807, 2.05) is 0 Å². The number of aliphatic carboxylic acids is 1. The van der Waals surface area contributed by atoms with Gasteiger partial charge in [-0.1, -0.05) is 35.0 Å². The van der Waals surface area contributed by atoms with Crippen molar-refractivity contribution in [2.45, 2.75) is 30.6 Å². The number of hydrogen-bond donors (Lipinski definition) is 1. The Morgan fingerprint density at radius 1 is 1.26 bits per heavy atom. The van der Waals surface area contributed by atoms with E-state index in [1.54, 1.807) is 23.1 Å². The van der Waals surface area contributed by atoms with Gasteiger partial charge in [-0.15, -0.1) is 0 Å². The van der Waals surface area contributed by atoms with Crippen molar-refractivity contribution in [3.05, 3.63) is 28.2 Å². The number of benzene rings is 1. The maximum atomic E-state index is 12.2. The van der Waals surface area contributed by atoms with Gasteiger partial charge in [0.25, 0.3) is 0 Å². The van der Waals surface area contributed by atoms with Crippen LogP contribution in [0.4, 0.5) is 5.69 Å². The van der Waals surface area contributed by atoms with Crippen molar-refractivity contribution >= 4 is 67.5 Å². The highest BCUT2D eigenvalue weighted by Gasteiger charge is 2.49. The number of fused-ring (bicyclic) bond motifs is 1. The van der Waals surface area contributed by atoms with Crippen LogP contribution in [0.2, 0.25) is 10.0 Å². The third-order valence-corrected chi connectivity index (χ3v) is 8.00. The lowest BCUT2D eigenvalue weighted by Gasteiger charge is -2.25. The summed E-state index contributed by atoms with van der Waals surface area (Å²) in [7, 11) is -3.19. The monoisotopic (exact) mass is 450 g/mol. The topological polar surface area (TPSA) is 104 Å². The van der Waals surface area contributed by atoms with Crippen LogP contribution in [0, 0.1) is 0 Å². The zero-order chi connectivity index (χ0) is 19.8. The van der Waals surface area contributed by atoms with Crippen molar-refractivity contribution < 1.29 is 23.1 Å². The van der Waals surface area contributed by atoms with E-state index >= 15 is 0 Å². The molecule has 2 saturated heterocycles. The standard InChI is InChI=1S/C16H16Cl2N2O5S2/c17-9-4-5-10(18)11(6-9)20-12-7-27(24,25)8-13(12)26-16(20)19-14(21)2-1-3-15(22)23/h4-6,12-13H,1-3,7-8H2,(H,22,23)/t12-,13+/m0/s1. The average Bonchev–Trinajstić information content (AvgIpc) is 3.00. The van der Waals surface area contributed by atoms with Gasteiger partial charge in [0, 0.05) is 23.1 Å². The zero-order valence-electron chi connectivity index (χ0n) is 14.0. The summed E-state index contributed by atoms with van der Waals surface area (Å²) in [5, 5.41) is 9.58. The maximum Gasteiger partial charge on any atom is 0.303 e. The Morgan fingerprint density at radius 3 is 2.70 bits per heavy atom. The molecular weight excluding hydrogens is 435 g/mol. The number of nitrogens with zero attached hydrogens (tertiary/aromatic N) is 2. The van der Waals surface area contributed by atoms with Gasteiger partial charge in [0.15, 0.2) is 15.0 Å². The molecule has 2 aliphatic heterocycles. The minimum Gasteiger partial charge on any atom is -0.481 e. The number of thioether (sulfide) groups is 1. The Labute approximate surface area is 170 Å². The average molecular weight is 451 g/mol. The molecule has 11 heteroatoms. The van der Waals surface area contributed by atoms with Gasteiger partial charge in [-0.25, -0.2) is 8.42 Å². The molecule has 0 bridgehead atoms. The summed E-state index contributed by atoms with van der Waals surface area (Å²) in [6.45, 7) is 0. The van der Waals surface area contributed by atoms with E-state index in [0.717, 1.165) is 0 Å². The second kappa shape index (κ2) is 7.98. The van der Waals surface area contributed by atoms with E-state index < -0.39 is 21.7 Å². The van der Waals surface area contributed by atoms with Gasteiger partial charge >= 0.3 is 5.97 Å². The third-order valence-electron chi connectivity index (χ3n) is 4.24. The number of carboxylic acid groups (broad SMARTS) is 1. The molecule has 2 fully saturated rings. The molecule has 0 spiro atoms. The van der Waals surface area contributed by atoms with Gasteiger partial charge in [-0.3, -0.25) is 9.59 Å². The Balaban J connectivity index is 1.91. The van der Waals surface area contributed by atoms with Gasteiger partial charge < -0.3 is 10.0 Å². The highest BCUT2D eigenvalue weighted by molar-refractivity contribution is 8.16. The van der Waals surface area contributed by atoms with Crippen molar-refractivity contribution in [1.82, 2.24) is 0 Å². The number of anilines is 1. The predicted octanol–water partition coefficient (Wildman–Crippen LogP) is 2.85. The van der Waals surface area contributed by atoms with Gasteiger partial charge in [-0.05, 0) is 24.6 Å². The predicted molar refractivity (Wildman–Crippen MR) is 107 cm³/mol. The van der Waals surface area contributed by atoms with Crippen LogP contribution in [0.25, 0.3) is 0 Å². The molecule has 0 aliphatic carbocycles. The van der Waals surface area contributed by atoms with Gasteiger partial charge in [0.05, 0.1) is 28.3 Å². The maximum absolute atomic E-state index is 12.2. The number of amidine groups is 1. The van der Waals surface area contributed by atoms with Crippen LogP contribution in [0.3, 0.4) is 0 Å². The van der Waals surface area contributed by atoms with Crippen molar-refractivity contribution in [3.63, 3.8) is 0 Å². The highest BCUT2D eigenvalue weighted by atomic mass is 35.5. The zero-order valence-corrected chi connectivity index (χ0v) is 17.1. The molecule has 0 saturated carbocycles. The van der Waals surface area contributed by atoms with Crippen LogP contribution in [-0.2, 0) is 19.4 Å². The van der Waals surface area contributed by atoms with Gasteiger partial charge in [0.2, 0.25) is 5.91 Å². The van der Waals surface area contributed by atoms with E-state index in [4.69, 9.17) is 28.3 Å². The minimum atomic E-state index is -3.19. The highest BCUT2D eigenvalue weighted by Crippen LogP contribution is 2.43. The molecule has 2 heterocycles. The number of carbonyl (C=O) groups excluding carboxylic acids is 1. The molecule has 2 atom stereocenters. The molecule has 0 aromatic heterocycles.